The number of nitrogens with zero attached hydrogens (tertiary/aromatic N) is 2. The molecule has 1 aliphatic rings. The van der Waals surface area contributed by atoms with E-state index in [-0.39, 0.29) is 0 Å². The van der Waals surface area contributed by atoms with Gasteiger partial charge in [0.05, 0.1) is 0 Å². The van der Waals surface area contributed by atoms with E-state index in [1.54, 1.807) is 0 Å². The second-order valence-corrected chi connectivity index (χ2v) is 6.77. The van der Waals surface area contributed by atoms with Crippen molar-refractivity contribution in [3.05, 3.63) is 29.8 Å². The Balaban J connectivity index is 1.68. The van der Waals surface area contributed by atoms with Gasteiger partial charge in [0.1, 0.15) is 18.5 Å². The second kappa shape index (κ2) is 8.51. The highest BCUT2D eigenvalue weighted by molar-refractivity contribution is 5.27. The number of aliphatic hydroxyl groups excluding tert-OH is 1. The average Bonchev–Trinajstić information content (AvgIpc) is 2.45. The van der Waals surface area contributed by atoms with E-state index < -0.39 is 6.10 Å². The summed E-state index contributed by atoms with van der Waals surface area (Å²) in [5.41, 5.74) is 1.17. The van der Waals surface area contributed by atoms with E-state index in [4.69, 9.17) is 4.74 Å². The van der Waals surface area contributed by atoms with Crippen LogP contribution in [0.3, 0.4) is 0 Å². The molecule has 2 atom stereocenters. The molecule has 2 rings (SSSR count). The summed E-state index contributed by atoms with van der Waals surface area (Å²) in [6.45, 7) is 6.47. The van der Waals surface area contributed by atoms with Gasteiger partial charge in [0.25, 0.3) is 0 Å². The van der Waals surface area contributed by atoms with E-state index >= 15 is 0 Å². The maximum atomic E-state index is 10.2. The molecule has 22 heavy (non-hydrogen) atoms. The molecule has 0 saturated carbocycles. The number of ether oxygens (including phenoxy) is 1. The van der Waals surface area contributed by atoms with Crippen molar-refractivity contribution >= 4 is 0 Å². The Morgan fingerprint density at radius 2 is 2.27 bits per heavy atom. The van der Waals surface area contributed by atoms with Crippen molar-refractivity contribution in [3.63, 3.8) is 0 Å². The zero-order chi connectivity index (χ0) is 15.9. The molecule has 0 bridgehead atoms. The third-order valence-electron chi connectivity index (χ3n) is 4.25. The van der Waals surface area contributed by atoms with Crippen molar-refractivity contribution in [2.24, 2.45) is 5.92 Å². The summed E-state index contributed by atoms with van der Waals surface area (Å²) in [5.74, 6) is 1.55. The number of piperidine rings is 1. The molecular weight excluding hydrogens is 276 g/mol. The monoisotopic (exact) mass is 306 g/mol. The van der Waals surface area contributed by atoms with Gasteiger partial charge in [-0.25, -0.2) is 0 Å². The lowest BCUT2D eigenvalue weighted by Crippen LogP contribution is -2.41. The minimum absolute atomic E-state index is 0.346. The molecule has 2 unspecified atom stereocenters. The molecule has 1 fully saturated rings. The normalized spacial score (nSPS) is 21.0. The Labute approximate surface area is 134 Å². The molecule has 1 aromatic rings. The Bertz CT molecular complexity index is 452. The van der Waals surface area contributed by atoms with Gasteiger partial charge in [-0.2, -0.15) is 0 Å². The number of benzene rings is 1. The van der Waals surface area contributed by atoms with Gasteiger partial charge < -0.3 is 19.6 Å². The lowest BCUT2D eigenvalue weighted by atomic mass is 9.98. The summed E-state index contributed by atoms with van der Waals surface area (Å²) in [6.07, 6.45) is 2.13. The first kappa shape index (κ1) is 17.3. The van der Waals surface area contributed by atoms with Gasteiger partial charge in [0.2, 0.25) is 0 Å². The quantitative estimate of drug-likeness (QED) is 0.836. The van der Waals surface area contributed by atoms with Crippen molar-refractivity contribution in [1.82, 2.24) is 9.80 Å². The molecule has 4 heteroatoms. The van der Waals surface area contributed by atoms with Crippen LogP contribution in [0.1, 0.15) is 18.4 Å². The summed E-state index contributed by atoms with van der Waals surface area (Å²) in [7, 11) is 4.28. The fourth-order valence-corrected chi connectivity index (χ4v) is 3.25. The van der Waals surface area contributed by atoms with Gasteiger partial charge in [0.15, 0.2) is 0 Å². The Hall–Kier alpha value is -1.10. The average molecular weight is 306 g/mol. The molecule has 0 amide bonds. The smallest absolute Gasteiger partial charge is 0.119 e. The predicted molar refractivity (Wildman–Crippen MR) is 90.4 cm³/mol. The molecule has 1 saturated heterocycles. The minimum Gasteiger partial charge on any atom is -0.491 e. The molecular formula is C18H30N2O2. The van der Waals surface area contributed by atoms with Crippen molar-refractivity contribution in [2.45, 2.75) is 25.9 Å². The predicted octanol–water partition coefficient (Wildman–Crippen LogP) is 2.01. The van der Waals surface area contributed by atoms with Crippen LogP contribution in [-0.2, 0) is 0 Å². The molecule has 1 heterocycles. The van der Waals surface area contributed by atoms with Gasteiger partial charge in [-0.05, 0) is 64.0 Å². The van der Waals surface area contributed by atoms with Gasteiger partial charge >= 0.3 is 0 Å². The van der Waals surface area contributed by atoms with E-state index in [1.807, 2.05) is 31.2 Å². The highest BCUT2D eigenvalue weighted by Gasteiger charge is 2.19. The Kier molecular flexibility index (Phi) is 6.68. The maximum absolute atomic E-state index is 10.2. The van der Waals surface area contributed by atoms with E-state index in [1.165, 1.54) is 31.5 Å². The van der Waals surface area contributed by atoms with Gasteiger partial charge in [-0.3, -0.25) is 0 Å². The van der Waals surface area contributed by atoms with Gasteiger partial charge in [0, 0.05) is 19.6 Å². The molecule has 124 valence electrons. The van der Waals surface area contributed by atoms with E-state index in [9.17, 15) is 5.11 Å². The number of rotatable bonds is 7. The fraction of sp³-hybridized carbons (Fsp3) is 0.667. The third kappa shape index (κ3) is 5.95. The maximum Gasteiger partial charge on any atom is 0.119 e. The van der Waals surface area contributed by atoms with Crippen molar-refractivity contribution in [1.29, 1.82) is 0 Å². The van der Waals surface area contributed by atoms with E-state index in [0.29, 0.717) is 19.1 Å². The van der Waals surface area contributed by atoms with Crippen LogP contribution in [0.15, 0.2) is 24.3 Å². The topological polar surface area (TPSA) is 35.9 Å². The highest BCUT2D eigenvalue weighted by atomic mass is 16.5. The highest BCUT2D eigenvalue weighted by Crippen LogP contribution is 2.16. The van der Waals surface area contributed by atoms with Crippen LogP contribution < -0.4 is 4.74 Å². The van der Waals surface area contributed by atoms with Crippen LogP contribution in [0, 0.1) is 12.8 Å². The van der Waals surface area contributed by atoms with Crippen LogP contribution in [0.25, 0.3) is 0 Å². The van der Waals surface area contributed by atoms with Crippen LogP contribution >= 0.6 is 0 Å². The zero-order valence-electron chi connectivity index (χ0n) is 14.2. The lowest BCUT2D eigenvalue weighted by molar-refractivity contribution is 0.0659. The number of likely N-dealkylation sites (tertiary alicyclic amines) is 1. The first-order valence-corrected chi connectivity index (χ1v) is 8.27. The van der Waals surface area contributed by atoms with Crippen LogP contribution in [0.4, 0.5) is 0 Å². The number of hydrogen-bond donors (Lipinski definition) is 1. The first-order chi connectivity index (χ1) is 10.5. The third-order valence-corrected chi connectivity index (χ3v) is 4.25. The fourth-order valence-electron chi connectivity index (χ4n) is 3.25. The molecule has 1 aromatic carbocycles. The summed E-state index contributed by atoms with van der Waals surface area (Å²) in [5, 5.41) is 10.2. The summed E-state index contributed by atoms with van der Waals surface area (Å²) in [6, 6.07) is 7.94. The number of aliphatic hydroxyl groups is 1. The van der Waals surface area contributed by atoms with Crippen LogP contribution in [-0.4, -0.2) is 67.9 Å². The van der Waals surface area contributed by atoms with Crippen LogP contribution in [0.2, 0.25) is 0 Å². The van der Waals surface area contributed by atoms with Crippen molar-refractivity contribution in [3.8, 4) is 5.75 Å². The Morgan fingerprint density at radius 1 is 1.45 bits per heavy atom. The molecule has 0 radical (unpaired) electrons. The van der Waals surface area contributed by atoms with Gasteiger partial charge in [-0.15, -0.1) is 0 Å². The molecule has 0 spiro atoms. The molecule has 0 aliphatic carbocycles. The molecule has 1 aliphatic heterocycles. The molecule has 1 N–H and O–H groups in total. The van der Waals surface area contributed by atoms with E-state index in [2.05, 4.69) is 23.9 Å². The van der Waals surface area contributed by atoms with Gasteiger partial charge in [-0.1, -0.05) is 12.1 Å². The second-order valence-electron chi connectivity index (χ2n) is 6.77. The summed E-state index contributed by atoms with van der Waals surface area (Å²) < 4.78 is 5.67. The van der Waals surface area contributed by atoms with Crippen molar-refractivity contribution in [2.75, 3.05) is 46.9 Å². The van der Waals surface area contributed by atoms with E-state index in [0.717, 1.165) is 12.3 Å². The number of likely N-dealkylation sites (N-methyl/N-ethyl adjacent to an activating group) is 1. The largest absolute Gasteiger partial charge is 0.491 e. The van der Waals surface area contributed by atoms with Crippen molar-refractivity contribution < 1.29 is 9.84 Å². The molecule has 0 aromatic heterocycles. The number of hydrogen-bond acceptors (Lipinski definition) is 4. The standard InChI is InChI=1S/C18H30N2O2/c1-15-6-4-8-18(10-15)22-14-17(21)13-20(3)12-16-7-5-9-19(2)11-16/h4,6,8,10,16-17,21H,5,7,9,11-14H2,1-3H3. The Morgan fingerprint density at radius 3 is 3.00 bits per heavy atom. The summed E-state index contributed by atoms with van der Waals surface area (Å²) >= 11 is 0. The minimum atomic E-state index is -0.452. The SMILES string of the molecule is Cc1cccc(OCC(O)CN(C)CC2CCCN(C)C2)c1. The number of aryl methyl sites for hydroxylation is 1. The summed E-state index contributed by atoms with van der Waals surface area (Å²) in [4.78, 5) is 4.63. The zero-order valence-corrected chi connectivity index (χ0v) is 14.2. The van der Waals surface area contributed by atoms with Crippen LogP contribution in [0.5, 0.6) is 5.75 Å². The first-order valence-electron chi connectivity index (χ1n) is 8.27. The lowest BCUT2D eigenvalue weighted by Gasteiger charge is -2.33. The molecule has 4 nitrogen and oxygen atoms in total.